The summed E-state index contributed by atoms with van der Waals surface area (Å²) in [6, 6.07) is 0. The van der Waals surface area contributed by atoms with E-state index in [4.69, 9.17) is 9.47 Å². The highest BCUT2D eigenvalue weighted by atomic mass is 19.1. The van der Waals surface area contributed by atoms with E-state index in [-0.39, 0.29) is 6.29 Å². The maximum absolute atomic E-state index is 13.0. The minimum atomic E-state index is -0.829. The molecule has 1 aliphatic heterocycles. The van der Waals surface area contributed by atoms with E-state index in [1.807, 2.05) is 12.2 Å². The number of allylic oxidation sites excluding steroid dienone is 2. The highest BCUT2D eigenvalue weighted by Crippen LogP contribution is 2.25. The number of hydrogen-bond donors (Lipinski definition) is 0. The Balaban J connectivity index is 2.08. The average molecular weight is 184 g/mol. The lowest BCUT2D eigenvalue weighted by Gasteiger charge is -2.17. The van der Waals surface area contributed by atoms with Gasteiger partial charge in [0.05, 0.1) is 13.2 Å². The molecule has 72 valence electrons. The molecule has 0 N–H and O–H groups in total. The molecule has 0 aromatic carbocycles. The van der Waals surface area contributed by atoms with Crippen LogP contribution < -0.4 is 0 Å². The molecule has 1 saturated heterocycles. The molecule has 1 atom stereocenters. The van der Waals surface area contributed by atoms with Crippen LogP contribution >= 0.6 is 0 Å². The van der Waals surface area contributed by atoms with E-state index in [9.17, 15) is 4.39 Å². The van der Waals surface area contributed by atoms with Crippen LogP contribution in [0.25, 0.3) is 0 Å². The second-order valence-electron chi connectivity index (χ2n) is 3.37. The molecule has 3 heteroatoms. The predicted octanol–water partition coefficient (Wildman–Crippen LogP) is 1.97. The first-order chi connectivity index (χ1) is 6.27. The molecule has 0 spiro atoms. The Hall–Kier alpha value is -0.670. The summed E-state index contributed by atoms with van der Waals surface area (Å²) in [7, 11) is 0. The van der Waals surface area contributed by atoms with E-state index in [2.05, 4.69) is 0 Å². The third-order valence-corrected chi connectivity index (χ3v) is 2.34. The third-order valence-electron chi connectivity index (χ3n) is 2.34. The lowest BCUT2D eigenvalue weighted by Crippen LogP contribution is -2.15. The summed E-state index contributed by atoms with van der Waals surface area (Å²) in [5.41, 5.74) is 1.72. The van der Waals surface area contributed by atoms with E-state index in [1.54, 1.807) is 6.92 Å². The Morgan fingerprint density at radius 3 is 2.69 bits per heavy atom. The second kappa shape index (κ2) is 3.60. The van der Waals surface area contributed by atoms with E-state index < -0.39 is 6.17 Å². The van der Waals surface area contributed by atoms with Gasteiger partial charge in [0.1, 0.15) is 6.17 Å². The molecule has 2 aliphatic rings. The molecular formula is C10H13FO2. The van der Waals surface area contributed by atoms with Crippen LogP contribution in [0.4, 0.5) is 4.39 Å². The first-order valence-corrected chi connectivity index (χ1v) is 4.53. The van der Waals surface area contributed by atoms with Gasteiger partial charge in [0.2, 0.25) is 0 Å². The molecule has 1 heterocycles. The van der Waals surface area contributed by atoms with E-state index >= 15 is 0 Å². The molecule has 2 rings (SSSR count). The molecule has 2 nitrogen and oxygen atoms in total. The first-order valence-electron chi connectivity index (χ1n) is 4.53. The van der Waals surface area contributed by atoms with Crippen LogP contribution in [0.3, 0.4) is 0 Å². The maximum Gasteiger partial charge on any atom is 0.183 e. The third kappa shape index (κ3) is 1.81. The SMILES string of the molecule is CC1=CC(C2OCCO2)=CCC1F. The molecule has 0 bridgehead atoms. The van der Waals surface area contributed by atoms with Crippen molar-refractivity contribution >= 4 is 0 Å². The molecule has 13 heavy (non-hydrogen) atoms. The number of rotatable bonds is 1. The highest BCUT2D eigenvalue weighted by molar-refractivity contribution is 5.31. The molecule has 1 fully saturated rings. The van der Waals surface area contributed by atoms with Gasteiger partial charge in [-0.2, -0.15) is 0 Å². The predicted molar refractivity (Wildman–Crippen MR) is 47.0 cm³/mol. The maximum atomic E-state index is 13.0. The Morgan fingerprint density at radius 2 is 2.08 bits per heavy atom. The summed E-state index contributed by atoms with van der Waals surface area (Å²) in [5.74, 6) is 0. The van der Waals surface area contributed by atoms with E-state index in [1.165, 1.54) is 0 Å². The lowest BCUT2D eigenvalue weighted by atomic mass is 9.99. The lowest BCUT2D eigenvalue weighted by molar-refractivity contribution is -0.00901. The first kappa shape index (κ1) is 8.91. The van der Waals surface area contributed by atoms with Gasteiger partial charge in [-0.25, -0.2) is 4.39 Å². The molecular weight excluding hydrogens is 171 g/mol. The number of alkyl halides is 1. The zero-order valence-corrected chi connectivity index (χ0v) is 7.63. The number of hydrogen-bond acceptors (Lipinski definition) is 2. The van der Waals surface area contributed by atoms with Crippen molar-refractivity contribution < 1.29 is 13.9 Å². The van der Waals surface area contributed by atoms with Gasteiger partial charge in [0.25, 0.3) is 0 Å². The minimum absolute atomic E-state index is 0.262. The topological polar surface area (TPSA) is 18.5 Å². The number of ether oxygens (including phenoxy) is 2. The monoisotopic (exact) mass is 184 g/mol. The van der Waals surface area contributed by atoms with Crippen molar-refractivity contribution in [2.45, 2.75) is 25.8 Å². The fourth-order valence-corrected chi connectivity index (χ4v) is 1.55. The quantitative estimate of drug-likeness (QED) is 0.620. The Bertz CT molecular complexity index is 252. The zero-order chi connectivity index (χ0) is 9.26. The van der Waals surface area contributed by atoms with Crippen molar-refractivity contribution in [3.63, 3.8) is 0 Å². The summed E-state index contributed by atoms with van der Waals surface area (Å²) in [4.78, 5) is 0. The fraction of sp³-hybridized carbons (Fsp3) is 0.600. The molecule has 0 aromatic rings. The summed E-state index contributed by atoms with van der Waals surface area (Å²) in [6.45, 7) is 3.06. The van der Waals surface area contributed by atoms with Gasteiger partial charge in [-0.05, 0) is 12.5 Å². The van der Waals surface area contributed by atoms with Crippen molar-refractivity contribution in [3.8, 4) is 0 Å². The van der Waals surface area contributed by atoms with Gasteiger partial charge < -0.3 is 9.47 Å². The minimum Gasteiger partial charge on any atom is -0.346 e. The molecule has 0 aromatic heterocycles. The van der Waals surface area contributed by atoms with Gasteiger partial charge >= 0.3 is 0 Å². The Kier molecular flexibility index (Phi) is 2.47. The van der Waals surface area contributed by atoms with Gasteiger partial charge in [-0.15, -0.1) is 0 Å². The fourth-order valence-electron chi connectivity index (χ4n) is 1.55. The Morgan fingerprint density at radius 1 is 1.38 bits per heavy atom. The van der Waals surface area contributed by atoms with E-state index in [0.717, 1.165) is 11.1 Å². The van der Waals surface area contributed by atoms with Crippen LogP contribution in [-0.4, -0.2) is 25.7 Å². The van der Waals surface area contributed by atoms with Crippen molar-refractivity contribution in [1.29, 1.82) is 0 Å². The van der Waals surface area contributed by atoms with Gasteiger partial charge in [0, 0.05) is 12.0 Å². The van der Waals surface area contributed by atoms with Gasteiger partial charge in [-0.1, -0.05) is 12.2 Å². The highest BCUT2D eigenvalue weighted by Gasteiger charge is 2.23. The van der Waals surface area contributed by atoms with Gasteiger partial charge in [-0.3, -0.25) is 0 Å². The smallest absolute Gasteiger partial charge is 0.183 e. The second-order valence-corrected chi connectivity index (χ2v) is 3.37. The largest absolute Gasteiger partial charge is 0.346 e. The average Bonchev–Trinajstić information content (AvgIpc) is 2.62. The number of halogens is 1. The summed E-state index contributed by atoms with van der Waals surface area (Å²) in [5, 5.41) is 0. The van der Waals surface area contributed by atoms with Crippen LogP contribution in [0.1, 0.15) is 13.3 Å². The van der Waals surface area contributed by atoms with Gasteiger partial charge in [0.15, 0.2) is 6.29 Å². The van der Waals surface area contributed by atoms with E-state index in [0.29, 0.717) is 19.6 Å². The molecule has 1 unspecified atom stereocenters. The summed E-state index contributed by atoms with van der Waals surface area (Å²) >= 11 is 0. The zero-order valence-electron chi connectivity index (χ0n) is 7.63. The molecule has 0 radical (unpaired) electrons. The normalized spacial score (nSPS) is 30.2. The standard InChI is InChI=1S/C10H13FO2/c1-7-6-8(2-3-9(7)11)10-12-4-5-13-10/h2,6,9-10H,3-5H2,1H3. The van der Waals surface area contributed by atoms with Crippen molar-refractivity contribution in [1.82, 2.24) is 0 Å². The van der Waals surface area contributed by atoms with Crippen molar-refractivity contribution in [2.75, 3.05) is 13.2 Å². The van der Waals surface area contributed by atoms with Crippen LogP contribution in [0, 0.1) is 0 Å². The van der Waals surface area contributed by atoms with Crippen LogP contribution in [0.2, 0.25) is 0 Å². The Labute approximate surface area is 77.0 Å². The van der Waals surface area contributed by atoms with Crippen molar-refractivity contribution in [2.24, 2.45) is 0 Å². The molecule has 0 amide bonds. The molecule has 1 aliphatic carbocycles. The van der Waals surface area contributed by atoms with Crippen LogP contribution in [0.5, 0.6) is 0 Å². The van der Waals surface area contributed by atoms with Crippen molar-refractivity contribution in [3.05, 3.63) is 23.3 Å². The molecule has 0 saturated carbocycles. The van der Waals surface area contributed by atoms with Crippen LogP contribution in [0.15, 0.2) is 23.3 Å². The summed E-state index contributed by atoms with van der Waals surface area (Å²) in [6.07, 6.45) is 3.03. The van der Waals surface area contributed by atoms with Crippen LogP contribution in [-0.2, 0) is 9.47 Å². The summed E-state index contributed by atoms with van der Waals surface area (Å²) < 4.78 is 23.7.